The molecule has 0 saturated heterocycles. The van der Waals surface area contributed by atoms with Gasteiger partial charge in [-0.15, -0.1) is 0 Å². The number of rotatable bonds is 4. The maximum atomic E-state index is 12.6. The molecule has 2 N–H and O–H groups in total. The topological polar surface area (TPSA) is 86.6 Å². The van der Waals surface area contributed by atoms with Crippen LogP contribution in [0.1, 0.15) is 11.4 Å². The molecule has 3 aromatic heterocycles. The van der Waals surface area contributed by atoms with Crippen LogP contribution in [-0.2, 0) is 6.18 Å². The average Bonchev–Trinajstić information content (AvgIpc) is 3.15. The highest BCUT2D eigenvalue weighted by atomic mass is 19.4. The Labute approximate surface area is 162 Å². The highest BCUT2D eigenvalue weighted by Gasteiger charge is 2.32. The summed E-state index contributed by atoms with van der Waals surface area (Å²) >= 11 is 0. The van der Waals surface area contributed by atoms with Crippen LogP contribution in [-0.4, -0.2) is 15.0 Å². The molecule has 0 fully saturated rings. The van der Waals surface area contributed by atoms with E-state index in [4.69, 9.17) is 4.74 Å². The average molecular weight is 395 g/mol. The molecule has 0 spiro atoms. The van der Waals surface area contributed by atoms with E-state index >= 15 is 0 Å². The fraction of sp³-hybridized carbons (Fsp3) is 0.0500. The quantitative estimate of drug-likeness (QED) is 0.484. The fourth-order valence-electron chi connectivity index (χ4n) is 2.70. The molecule has 0 amide bonds. The van der Waals surface area contributed by atoms with Crippen molar-refractivity contribution in [3.63, 3.8) is 0 Å². The summed E-state index contributed by atoms with van der Waals surface area (Å²) in [5.41, 5.74) is 0.744. The number of H-pyrrole nitrogens is 1. The standard InChI is InChI=1S/C20H12F3N5O/c21-20(22,23)18-4-3-15(11-26-18)29-16-7-14(10-24)28-19(9-16)27-13-2-1-12-5-6-25-17(12)8-13/h1-9,11,25H,(H,27,28). The first-order chi connectivity index (χ1) is 13.9. The Hall–Kier alpha value is -4.06. The minimum atomic E-state index is -4.53. The van der Waals surface area contributed by atoms with E-state index in [1.165, 1.54) is 12.1 Å². The van der Waals surface area contributed by atoms with Crippen LogP contribution in [0, 0.1) is 11.3 Å². The van der Waals surface area contributed by atoms with Crippen molar-refractivity contribution in [3.05, 3.63) is 72.3 Å². The molecule has 0 unspecified atom stereocenters. The lowest BCUT2D eigenvalue weighted by molar-refractivity contribution is -0.141. The van der Waals surface area contributed by atoms with Crippen LogP contribution in [0.3, 0.4) is 0 Å². The van der Waals surface area contributed by atoms with Crippen molar-refractivity contribution in [3.8, 4) is 17.6 Å². The molecule has 0 aliphatic rings. The third kappa shape index (κ3) is 4.11. The predicted molar refractivity (Wildman–Crippen MR) is 99.8 cm³/mol. The Morgan fingerprint density at radius 3 is 2.62 bits per heavy atom. The summed E-state index contributed by atoms with van der Waals surface area (Å²) in [5.74, 6) is 0.693. The van der Waals surface area contributed by atoms with E-state index in [2.05, 4.69) is 20.3 Å². The second-order valence-electron chi connectivity index (χ2n) is 6.07. The van der Waals surface area contributed by atoms with Crippen molar-refractivity contribution < 1.29 is 17.9 Å². The van der Waals surface area contributed by atoms with Crippen LogP contribution in [0.5, 0.6) is 11.5 Å². The van der Waals surface area contributed by atoms with Crippen LogP contribution in [0.25, 0.3) is 10.9 Å². The minimum absolute atomic E-state index is 0.0887. The maximum Gasteiger partial charge on any atom is 0.433 e. The Balaban J connectivity index is 1.58. The lowest BCUT2D eigenvalue weighted by Gasteiger charge is -2.11. The van der Waals surface area contributed by atoms with E-state index in [1.807, 2.05) is 36.5 Å². The first-order valence-corrected chi connectivity index (χ1v) is 8.38. The largest absolute Gasteiger partial charge is 0.456 e. The summed E-state index contributed by atoms with van der Waals surface area (Å²) in [5, 5.41) is 13.4. The van der Waals surface area contributed by atoms with Gasteiger partial charge in [0.15, 0.2) is 0 Å². The molecule has 0 saturated carbocycles. The monoisotopic (exact) mass is 395 g/mol. The van der Waals surface area contributed by atoms with E-state index in [9.17, 15) is 18.4 Å². The summed E-state index contributed by atoms with van der Waals surface area (Å²) in [7, 11) is 0. The Morgan fingerprint density at radius 2 is 1.90 bits per heavy atom. The molecule has 3 heterocycles. The molecule has 6 nitrogen and oxygen atoms in total. The predicted octanol–water partition coefficient (Wildman–Crippen LogP) is 5.38. The van der Waals surface area contributed by atoms with Crippen LogP contribution in [0.4, 0.5) is 24.7 Å². The number of benzene rings is 1. The third-order valence-electron chi connectivity index (χ3n) is 4.00. The second-order valence-corrected chi connectivity index (χ2v) is 6.07. The van der Waals surface area contributed by atoms with Gasteiger partial charge < -0.3 is 15.0 Å². The van der Waals surface area contributed by atoms with Gasteiger partial charge >= 0.3 is 6.18 Å². The number of ether oxygens (including phenoxy) is 1. The van der Waals surface area contributed by atoms with Crippen LogP contribution in [0.2, 0.25) is 0 Å². The number of aromatic amines is 1. The van der Waals surface area contributed by atoms with E-state index in [0.29, 0.717) is 5.82 Å². The Kier molecular flexibility index (Phi) is 4.52. The molecule has 0 atom stereocenters. The summed E-state index contributed by atoms with van der Waals surface area (Å²) in [6.45, 7) is 0. The van der Waals surface area contributed by atoms with E-state index < -0.39 is 11.9 Å². The number of hydrogen-bond acceptors (Lipinski definition) is 5. The minimum Gasteiger partial charge on any atom is -0.456 e. The van der Waals surface area contributed by atoms with Gasteiger partial charge in [-0.25, -0.2) is 9.97 Å². The van der Waals surface area contributed by atoms with Crippen LogP contribution >= 0.6 is 0 Å². The van der Waals surface area contributed by atoms with Crippen molar-refractivity contribution in [1.29, 1.82) is 5.26 Å². The number of nitrogens with zero attached hydrogens (tertiary/aromatic N) is 3. The molecule has 9 heteroatoms. The van der Waals surface area contributed by atoms with Gasteiger partial charge in [-0.2, -0.15) is 18.4 Å². The third-order valence-corrected chi connectivity index (χ3v) is 4.00. The molecule has 4 aromatic rings. The molecule has 0 bridgehead atoms. The number of hydrogen-bond donors (Lipinski definition) is 2. The highest BCUT2D eigenvalue weighted by molar-refractivity contribution is 5.83. The van der Waals surface area contributed by atoms with Crippen molar-refractivity contribution in [1.82, 2.24) is 15.0 Å². The smallest absolute Gasteiger partial charge is 0.433 e. The van der Waals surface area contributed by atoms with E-state index in [0.717, 1.165) is 34.9 Å². The summed E-state index contributed by atoms with van der Waals surface area (Å²) in [4.78, 5) is 10.6. The zero-order valence-corrected chi connectivity index (χ0v) is 14.7. The van der Waals surface area contributed by atoms with E-state index in [-0.39, 0.29) is 17.2 Å². The number of nitriles is 1. The van der Waals surface area contributed by atoms with Crippen LogP contribution in [0.15, 0.2) is 60.9 Å². The molecule has 1 aromatic carbocycles. The van der Waals surface area contributed by atoms with Gasteiger partial charge in [0.1, 0.15) is 34.8 Å². The number of halogens is 3. The molecular formula is C20H12F3N5O. The van der Waals surface area contributed by atoms with Crippen molar-refractivity contribution >= 4 is 22.4 Å². The highest BCUT2D eigenvalue weighted by Crippen LogP contribution is 2.30. The van der Waals surface area contributed by atoms with E-state index in [1.54, 1.807) is 0 Å². The van der Waals surface area contributed by atoms with Gasteiger partial charge in [0.25, 0.3) is 0 Å². The summed E-state index contributed by atoms with van der Waals surface area (Å²) < 4.78 is 43.4. The number of aromatic nitrogens is 3. The fourth-order valence-corrected chi connectivity index (χ4v) is 2.70. The van der Waals surface area contributed by atoms with Gasteiger partial charge in [-0.1, -0.05) is 6.07 Å². The van der Waals surface area contributed by atoms with Gasteiger partial charge in [-0.3, -0.25) is 0 Å². The molecular weight excluding hydrogens is 383 g/mol. The number of anilines is 2. The molecule has 4 rings (SSSR count). The van der Waals surface area contributed by atoms with Gasteiger partial charge in [0.2, 0.25) is 0 Å². The number of pyridine rings is 2. The normalized spacial score (nSPS) is 11.2. The van der Waals surface area contributed by atoms with Gasteiger partial charge in [-0.05, 0) is 35.7 Å². The van der Waals surface area contributed by atoms with Gasteiger partial charge in [0.05, 0.1) is 6.20 Å². The number of nitrogens with one attached hydrogen (secondary N) is 2. The first-order valence-electron chi connectivity index (χ1n) is 8.38. The van der Waals surface area contributed by atoms with Gasteiger partial charge in [0, 0.05) is 29.5 Å². The molecule has 0 aliphatic carbocycles. The number of fused-ring (bicyclic) bond motifs is 1. The van der Waals surface area contributed by atoms with Crippen LogP contribution < -0.4 is 10.1 Å². The molecule has 0 aliphatic heterocycles. The molecule has 144 valence electrons. The lowest BCUT2D eigenvalue weighted by atomic mass is 10.2. The van der Waals surface area contributed by atoms with Crippen molar-refractivity contribution in [2.45, 2.75) is 6.18 Å². The molecule has 29 heavy (non-hydrogen) atoms. The zero-order valence-electron chi connectivity index (χ0n) is 14.7. The Morgan fingerprint density at radius 1 is 1.03 bits per heavy atom. The second kappa shape index (κ2) is 7.16. The first kappa shape index (κ1) is 18.3. The SMILES string of the molecule is N#Cc1cc(Oc2ccc(C(F)(F)F)nc2)cc(Nc2ccc3cc[nH]c3c2)n1. The molecule has 0 radical (unpaired) electrons. The van der Waals surface area contributed by atoms with Crippen molar-refractivity contribution in [2.75, 3.05) is 5.32 Å². The zero-order chi connectivity index (χ0) is 20.4. The maximum absolute atomic E-state index is 12.6. The summed E-state index contributed by atoms with van der Waals surface area (Å²) in [6, 6.07) is 14.5. The summed E-state index contributed by atoms with van der Waals surface area (Å²) in [6.07, 6.45) is -1.73. The number of alkyl halides is 3. The lowest BCUT2D eigenvalue weighted by Crippen LogP contribution is -2.07. The van der Waals surface area contributed by atoms with Crippen molar-refractivity contribution in [2.24, 2.45) is 0 Å². The Bertz CT molecular complexity index is 1210.